The minimum absolute atomic E-state index is 0.114. The van der Waals surface area contributed by atoms with Gasteiger partial charge in [0.25, 0.3) is 0 Å². The molecular weight excluding hydrogens is 293 g/mol. The molecule has 0 aromatic heterocycles. The second kappa shape index (κ2) is 8.29. The molecule has 0 saturated heterocycles. The van der Waals surface area contributed by atoms with Gasteiger partial charge in [-0.15, -0.1) is 0 Å². The van der Waals surface area contributed by atoms with Crippen LogP contribution in [0.2, 0.25) is 0 Å². The fraction of sp³-hybridized carbons (Fsp3) is 0.278. The van der Waals surface area contributed by atoms with Crippen molar-refractivity contribution in [3.05, 3.63) is 71.0 Å². The summed E-state index contributed by atoms with van der Waals surface area (Å²) >= 11 is 0. The van der Waals surface area contributed by atoms with Gasteiger partial charge in [0.2, 0.25) is 0 Å². The molecule has 0 aliphatic heterocycles. The van der Waals surface area contributed by atoms with Crippen molar-refractivity contribution in [2.75, 3.05) is 7.05 Å². The van der Waals surface area contributed by atoms with Crippen LogP contribution in [0.4, 0.5) is 4.39 Å². The minimum atomic E-state index is -0.392. The van der Waals surface area contributed by atoms with E-state index in [0.29, 0.717) is 18.1 Å². The van der Waals surface area contributed by atoms with Crippen LogP contribution >= 0.6 is 0 Å². The summed E-state index contributed by atoms with van der Waals surface area (Å²) in [4.78, 5) is 4.20. The zero-order valence-electron chi connectivity index (χ0n) is 13.4. The van der Waals surface area contributed by atoms with Gasteiger partial charge in [-0.2, -0.15) is 0 Å². The van der Waals surface area contributed by atoms with Crippen LogP contribution in [0.1, 0.15) is 29.7 Å². The molecule has 0 fully saturated rings. The van der Waals surface area contributed by atoms with Gasteiger partial charge >= 0.3 is 0 Å². The lowest BCUT2D eigenvalue weighted by molar-refractivity contribution is 0.275. The van der Waals surface area contributed by atoms with Crippen LogP contribution in [-0.2, 0) is 13.2 Å². The monoisotopic (exact) mass is 315 g/mol. The first-order chi connectivity index (χ1) is 11.1. The highest BCUT2D eigenvalue weighted by molar-refractivity contribution is 5.80. The van der Waals surface area contributed by atoms with Crippen LogP contribution in [0.5, 0.6) is 0 Å². The normalized spacial score (nSPS) is 12.8. The average Bonchev–Trinajstić information content (AvgIpc) is 2.60. The summed E-state index contributed by atoms with van der Waals surface area (Å²) in [6.45, 7) is 2.25. The summed E-state index contributed by atoms with van der Waals surface area (Å²) in [5.74, 6) is 0.271. The van der Waals surface area contributed by atoms with Gasteiger partial charge < -0.3 is 15.7 Å². The molecule has 0 radical (unpaired) electrons. The molecule has 0 spiro atoms. The Balaban J connectivity index is 1.95. The zero-order valence-corrected chi connectivity index (χ0v) is 13.4. The lowest BCUT2D eigenvalue weighted by atomic mass is 10.1. The van der Waals surface area contributed by atoms with Crippen molar-refractivity contribution in [1.82, 2.24) is 10.6 Å². The van der Waals surface area contributed by atoms with E-state index in [9.17, 15) is 4.39 Å². The van der Waals surface area contributed by atoms with Crippen molar-refractivity contribution in [1.29, 1.82) is 0 Å². The van der Waals surface area contributed by atoms with Gasteiger partial charge in [0.15, 0.2) is 5.96 Å². The minimum Gasteiger partial charge on any atom is -0.392 e. The van der Waals surface area contributed by atoms with E-state index in [1.807, 2.05) is 18.2 Å². The Morgan fingerprint density at radius 2 is 1.96 bits per heavy atom. The van der Waals surface area contributed by atoms with Crippen molar-refractivity contribution in [2.45, 2.75) is 26.1 Å². The number of aliphatic hydroxyl groups is 1. The molecule has 0 aliphatic carbocycles. The van der Waals surface area contributed by atoms with E-state index in [1.165, 1.54) is 11.6 Å². The van der Waals surface area contributed by atoms with Gasteiger partial charge in [-0.1, -0.05) is 36.4 Å². The molecule has 5 heteroatoms. The average molecular weight is 315 g/mol. The number of hydrogen-bond acceptors (Lipinski definition) is 2. The molecule has 4 nitrogen and oxygen atoms in total. The zero-order chi connectivity index (χ0) is 16.7. The Labute approximate surface area is 136 Å². The molecule has 1 atom stereocenters. The number of guanidine groups is 1. The summed E-state index contributed by atoms with van der Waals surface area (Å²) in [6, 6.07) is 14.9. The van der Waals surface area contributed by atoms with Crippen molar-refractivity contribution in [3.8, 4) is 0 Å². The number of hydrogen-bond donors (Lipinski definition) is 3. The number of benzene rings is 2. The van der Waals surface area contributed by atoms with Crippen LogP contribution in [0.15, 0.2) is 53.5 Å². The largest absolute Gasteiger partial charge is 0.392 e. The third-order valence-corrected chi connectivity index (χ3v) is 3.62. The molecule has 1 unspecified atom stereocenters. The maximum atomic E-state index is 13.4. The van der Waals surface area contributed by atoms with E-state index in [0.717, 1.165) is 5.56 Å². The van der Waals surface area contributed by atoms with Gasteiger partial charge in [-0.25, -0.2) is 4.39 Å². The lowest BCUT2D eigenvalue weighted by Gasteiger charge is -2.18. The van der Waals surface area contributed by atoms with E-state index in [-0.39, 0.29) is 12.6 Å². The lowest BCUT2D eigenvalue weighted by Crippen LogP contribution is -2.38. The van der Waals surface area contributed by atoms with Gasteiger partial charge in [-0.3, -0.25) is 4.99 Å². The first kappa shape index (κ1) is 17.0. The molecule has 2 aromatic carbocycles. The smallest absolute Gasteiger partial charge is 0.191 e. The highest BCUT2D eigenvalue weighted by Gasteiger charge is 2.08. The van der Waals surface area contributed by atoms with Crippen LogP contribution in [-0.4, -0.2) is 18.1 Å². The Bertz CT molecular complexity index is 659. The molecule has 0 amide bonds. The second-order valence-electron chi connectivity index (χ2n) is 5.29. The fourth-order valence-corrected chi connectivity index (χ4v) is 2.27. The summed E-state index contributed by atoms with van der Waals surface area (Å²) in [5.41, 5.74) is 2.34. The summed E-state index contributed by atoms with van der Waals surface area (Å²) in [5, 5.41) is 15.6. The number of aliphatic imine (C=N–C) groups is 1. The van der Waals surface area contributed by atoms with Crippen LogP contribution < -0.4 is 10.6 Å². The summed E-state index contributed by atoms with van der Waals surface area (Å²) < 4.78 is 13.4. The van der Waals surface area contributed by atoms with Gasteiger partial charge in [0, 0.05) is 19.2 Å². The quantitative estimate of drug-likeness (QED) is 0.587. The van der Waals surface area contributed by atoms with Crippen molar-refractivity contribution < 1.29 is 9.50 Å². The van der Waals surface area contributed by atoms with Crippen molar-refractivity contribution in [3.63, 3.8) is 0 Å². The molecule has 0 aliphatic rings. The maximum Gasteiger partial charge on any atom is 0.191 e. The first-order valence-corrected chi connectivity index (χ1v) is 7.54. The molecule has 23 heavy (non-hydrogen) atoms. The standard InChI is InChI=1S/C18H22FN3O/c1-13(15-6-4-3-5-7-15)22-18(20-2)21-11-14-8-9-17(19)16(10-14)12-23/h3-10,13,23H,11-12H2,1-2H3,(H2,20,21,22). The molecule has 3 N–H and O–H groups in total. The van der Waals surface area contributed by atoms with E-state index < -0.39 is 5.82 Å². The van der Waals surface area contributed by atoms with Crippen LogP contribution in [0.3, 0.4) is 0 Å². The molecular formula is C18H22FN3O. The summed E-state index contributed by atoms with van der Waals surface area (Å²) in [7, 11) is 1.71. The third-order valence-electron chi connectivity index (χ3n) is 3.62. The van der Waals surface area contributed by atoms with Gasteiger partial charge in [0.1, 0.15) is 5.82 Å². The first-order valence-electron chi connectivity index (χ1n) is 7.54. The Morgan fingerprint density at radius 1 is 1.22 bits per heavy atom. The second-order valence-corrected chi connectivity index (χ2v) is 5.29. The predicted molar refractivity (Wildman–Crippen MR) is 90.5 cm³/mol. The van der Waals surface area contributed by atoms with E-state index in [1.54, 1.807) is 19.2 Å². The molecule has 0 saturated carbocycles. The molecule has 122 valence electrons. The van der Waals surface area contributed by atoms with Crippen molar-refractivity contribution >= 4 is 5.96 Å². The summed E-state index contributed by atoms with van der Waals surface area (Å²) in [6.07, 6.45) is 0. The number of nitrogens with one attached hydrogen (secondary N) is 2. The number of rotatable bonds is 5. The Morgan fingerprint density at radius 3 is 2.61 bits per heavy atom. The van der Waals surface area contributed by atoms with Gasteiger partial charge in [-0.05, 0) is 30.2 Å². The predicted octanol–water partition coefficient (Wildman–Crippen LogP) is 2.74. The number of aliphatic hydroxyl groups excluding tert-OH is 1. The highest BCUT2D eigenvalue weighted by Crippen LogP contribution is 2.12. The van der Waals surface area contributed by atoms with Crippen LogP contribution in [0.25, 0.3) is 0 Å². The molecule has 0 heterocycles. The van der Waals surface area contributed by atoms with Crippen molar-refractivity contribution in [2.24, 2.45) is 4.99 Å². The Kier molecular flexibility index (Phi) is 6.11. The Hall–Kier alpha value is -2.40. The number of halogens is 1. The van der Waals surface area contributed by atoms with E-state index >= 15 is 0 Å². The van der Waals surface area contributed by atoms with Gasteiger partial charge in [0.05, 0.1) is 12.6 Å². The topological polar surface area (TPSA) is 56.7 Å². The maximum absolute atomic E-state index is 13.4. The van der Waals surface area contributed by atoms with E-state index in [2.05, 4.69) is 34.7 Å². The molecule has 2 rings (SSSR count). The molecule has 0 bridgehead atoms. The van der Waals surface area contributed by atoms with E-state index in [4.69, 9.17) is 5.11 Å². The SMILES string of the molecule is CN=C(NCc1ccc(F)c(CO)c1)NC(C)c1ccccc1. The van der Waals surface area contributed by atoms with Crippen LogP contribution in [0, 0.1) is 5.82 Å². The molecule has 2 aromatic rings. The number of nitrogens with zero attached hydrogens (tertiary/aromatic N) is 1. The highest BCUT2D eigenvalue weighted by atomic mass is 19.1. The fourth-order valence-electron chi connectivity index (χ4n) is 2.27. The third kappa shape index (κ3) is 4.79.